The SMILES string of the molecule is COC[C@@H](c1ccccc1)N1C[C@@H]1C=C(C)C. The predicted octanol–water partition coefficient (Wildman–Crippen LogP) is 3.02. The summed E-state index contributed by atoms with van der Waals surface area (Å²) in [6.07, 6.45) is 2.34. The lowest BCUT2D eigenvalue weighted by Crippen LogP contribution is -2.17. The molecule has 0 saturated carbocycles. The van der Waals surface area contributed by atoms with E-state index in [4.69, 9.17) is 4.74 Å². The van der Waals surface area contributed by atoms with Crippen LogP contribution in [0, 0.1) is 0 Å². The Labute approximate surface area is 104 Å². The van der Waals surface area contributed by atoms with Crippen LogP contribution in [0.2, 0.25) is 0 Å². The number of allylic oxidation sites excluding steroid dienone is 1. The van der Waals surface area contributed by atoms with E-state index >= 15 is 0 Å². The second kappa shape index (κ2) is 5.48. The van der Waals surface area contributed by atoms with Gasteiger partial charge in [0, 0.05) is 19.7 Å². The Morgan fingerprint density at radius 1 is 1.41 bits per heavy atom. The molecule has 0 aliphatic carbocycles. The van der Waals surface area contributed by atoms with Gasteiger partial charge in [0.1, 0.15) is 0 Å². The summed E-state index contributed by atoms with van der Waals surface area (Å²) in [7, 11) is 1.77. The Bertz CT molecular complexity index is 381. The Morgan fingerprint density at radius 3 is 2.71 bits per heavy atom. The minimum absolute atomic E-state index is 0.391. The number of rotatable bonds is 5. The summed E-state index contributed by atoms with van der Waals surface area (Å²) in [6, 6.07) is 11.6. The minimum atomic E-state index is 0.391. The number of benzene rings is 1. The molecule has 1 aromatic carbocycles. The Morgan fingerprint density at radius 2 is 2.12 bits per heavy atom. The molecule has 1 heterocycles. The molecule has 1 saturated heterocycles. The summed E-state index contributed by atoms with van der Waals surface area (Å²) >= 11 is 0. The van der Waals surface area contributed by atoms with Crippen molar-refractivity contribution in [3.8, 4) is 0 Å². The van der Waals surface area contributed by atoms with Crippen LogP contribution < -0.4 is 0 Å². The van der Waals surface area contributed by atoms with Gasteiger partial charge >= 0.3 is 0 Å². The van der Waals surface area contributed by atoms with E-state index in [0.29, 0.717) is 12.1 Å². The van der Waals surface area contributed by atoms with Crippen LogP contribution >= 0.6 is 0 Å². The first-order valence-corrected chi connectivity index (χ1v) is 6.17. The van der Waals surface area contributed by atoms with E-state index in [9.17, 15) is 0 Å². The molecule has 1 fully saturated rings. The molecule has 0 radical (unpaired) electrons. The van der Waals surface area contributed by atoms with Crippen LogP contribution in [0.4, 0.5) is 0 Å². The van der Waals surface area contributed by atoms with Gasteiger partial charge in [-0.3, -0.25) is 4.90 Å². The summed E-state index contributed by atoms with van der Waals surface area (Å²) in [5, 5.41) is 0. The quantitative estimate of drug-likeness (QED) is 0.570. The van der Waals surface area contributed by atoms with Crippen molar-refractivity contribution in [3.05, 3.63) is 47.5 Å². The van der Waals surface area contributed by atoms with E-state index in [-0.39, 0.29) is 0 Å². The normalized spacial score (nSPS) is 24.2. The molecular weight excluding hydrogens is 210 g/mol. The highest BCUT2D eigenvalue weighted by Crippen LogP contribution is 2.33. The van der Waals surface area contributed by atoms with Crippen molar-refractivity contribution in [3.63, 3.8) is 0 Å². The molecule has 0 aromatic heterocycles. The fourth-order valence-corrected chi connectivity index (χ4v) is 2.28. The summed E-state index contributed by atoms with van der Waals surface area (Å²) in [5.74, 6) is 0. The molecule has 2 nitrogen and oxygen atoms in total. The highest BCUT2D eigenvalue weighted by molar-refractivity contribution is 5.23. The molecular formula is C15H21NO. The third kappa shape index (κ3) is 3.18. The van der Waals surface area contributed by atoms with Crippen LogP contribution in [0.1, 0.15) is 25.5 Å². The molecule has 1 aliphatic rings. The van der Waals surface area contributed by atoms with Crippen molar-refractivity contribution in [2.24, 2.45) is 0 Å². The van der Waals surface area contributed by atoms with Gasteiger partial charge in [0.05, 0.1) is 12.6 Å². The number of ether oxygens (including phenoxy) is 1. The second-order valence-corrected chi connectivity index (χ2v) is 4.89. The minimum Gasteiger partial charge on any atom is -0.383 e. The van der Waals surface area contributed by atoms with Crippen molar-refractivity contribution < 1.29 is 4.74 Å². The van der Waals surface area contributed by atoms with Gasteiger partial charge in [0.25, 0.3) is 0 Å². The topological polar surface area (TPSA) is 12.2 Å². The highest BCUT2D eigenvalue weighted by atomic mass is 16.5. The molecule has 1 unspecified atom stereocenters. The first kappa shape index (κ1) is 12.3. The fraction of sp³-hybridized carbons (Fsp3) is 0.467. The third-order valence-corrected chi connectivity index (χ3v) is 3.13. The standard InChI is InChI=1S/C15H21NO/c1-12(2)9-14-10-16(14)15(11-17-3)13-7-5-4-6-8-13/h4-9,14-15H,10-11H2,1-3H3/t14-,15-,16?/m0/s1. The van der Waals surface area contributed by atoms with Gasteiger partial charge < -0.3 is 4.74 Å². The van der Waals surface area contributed by atoms with E-state index in [1.54, 1.807) is 7.11 Å². The molecule has 92 valence electrons. The summed E-state index contributed by atoms with van der Waals surface area (Å²) < 4.78 is 5.35. The third-order valence-electron chi connectivity index (χ3n) is 3.13. The van der Waals surface area contributed by atoms with Gasteiger partial charge in [0.15, 0.2) is 0 Å². The Hall–Kier alpha value is -1.12. The first-order chi connectivity index (χ1) is 8.22. The van der Waals surface area contributed by atoms with Gasteiger partial charge in [-0.15, -0.1) is 0 Å². The first-order valence-electron chi connectivity index (χ1n) is 6.17. The van der Waals surface area contributed by atoms with Crippen LogP contribution in [0.5, 0.6) is 0 Å². The van der Waals surface area contributed by atoms with Crippen LogP contribution in [0.15, 0.2) is 42.0 Å². The zero-order valence-electron chi connectivity index (χ0n) is 10.9. The molecule has 1 aromatic rings. The van der Waals surface area contributed by atoms with Crippen molar-refractivity contribution in [2.75, 3.05) is 20.3 Å². The molecule has 17 heavy (non-hydrogen) atoms. The molecule has 2 heteroatoms. The van der Waals surface area contributed by atoms with Gasteiger partial charge in [-0.2, -0.15) is 0 Å². The Balaban J connectivity index is 2.08. The van der Waals surface area contributed by atoms with E-state index in [1.807, 2.05) is 0 Å². The number of methoxy groups -OCH3 is 1. The lowest BCUT2D eigenvalue weighted by atomic mass is 10.1. The van der Waals surface area contributed by atoms with E-state index in [0.717, 1.165) is 13.2 Å². The van der Waals surface area contributed by atoms with Crippen molar-refractivity contribution in [1.82, 2.24) is 4.90 Å². The summed E-state index contributed by atoms with van der Waals surface area (Å²) in [4.78, 5) is 2.48. The monoisotopic (exact) mass is 231 g/mol. The van der Waals surface area contributed by atoms with Crippen molar-refractivity contribution in [2.45, 2.75) is 25.9 Å². The fourth-order valence-electron chi connectivity index (χ4n) is 2.28. The molecule has 3 atom stereocenters. The maximum atomic E-state index is 5.35. The Kier molecular flexibility index (Phi) is 3.97. The molecule has 1 aliphatic heterocycles. The van der Waals surface area contributed by atoms with Crippen molar-refractivity contribution >= 4 is 0 Å². The second-order valence-electron chi connectivity index (χ2n) is 4.89. The predicted molar refractivity (Wildman–Crippen MR) is 71.0 cm³/mol. The maximum Gasteiger partial charge on any atom is 0.0660 e. The number of hydrogen-bond donors (Lipinski definition) is 0. The van der Waals surface area contributed by atoms with E-state index < -0.39 is 0 Å². The zero-order valence-corrected chi connectivity index (χ0v) is 10.9. The number of nitrogens with zero attached hydrogens (tertiary/aromatic N) is 1. The molecule has 0 N–H and O–H groups in total. The van der Waals surface area contributed by atoms with Crippen LogP contribution in [-0.4, -0.2) is 31.2 Å². The van der Waals surface area contributed by atoms with Gasteiger partial charge in [-0.25, -0.2) is 0 Å². The number of hydrogen-bond acceptors (Lipinski definition) is 2. The van der Waals surface area contributed by atoms with E-state index in [1.165, 1.54) is 11.1 Å². The van der Waals surface area contributed by atoms with Crippen LogP contribution in [0.3, 0.4) is 0 Å². The largest absolute Gasteiger partial charge is 0.383 e. The lowest BCUT2D eigenvalue weighted by molar-refractivity contribution is 0.141. The average molecular weight is 231 g/mol. The molecule has 0 spiro atoms. The van der Waals surface area contributed by atoms with Crippen molar-refractivity contribution in [1.29, 1.82) is 0 Å². The molecule has 0 amide bonds. The van der Waals surface area contributed by atoms with Gasteiger partial charge in [-0.1, -0.05) is 42.0 Å². The van der Waals surface area contributed by atoms with Gasteiger partial charge in [-0.05, 0) is 19.4 Å². The molecule has 2 rings (SSSR count). The highest BCUT2D eigenvalue weighted by Gasteiger charge is 2.38. The smallest absolute Gasteiger partial charge is 0.0660 e. The average Bonchev–Trinajstić information content (AvgIpc) is 3.05. The summed E-state index contributed by atoms with van der Waals surface area (Å²) in [5.41, 5.74) is 2.74. The zero-order chi connectivity index (χ0) is 12.3. The van der Waals surface area contributed by atoms with Gasteiger partial charge in [0.2, 0.25) is 0 Å². The van der Waals surface area contributed by atoms with E-state index in [2.05, 4.69) is 55.2 Å². The lowest BCUT2D eigenvalue weighted by Gasteiger charge is -2.18. The maximum absolute atomic E-state index is 5.35. The van der Waals surface area contributed by atoms with Crippen LogP contribution in [0.25, 0.3) is 0 Å². The van der Waals surface area contributed by atoms with Crippen LogP contribution in [-0.2, 0) is 4.74 Å². The summed E-state index contributed by atoms with van der Waals surface area (Å²) in [6.45, 7) is 6.22. The molecule has 0 bridgehead atoms.